The number of nitrogens with one attached hydrogen (secondary N) is 2. The van der Waals surface area contributed by atoms with Crippen molar-refractivity contribution in [3.05, 3.63) is 99.8 Å². The van der Waals surface area contributed by atoms with Gasteiger partial charge in [-0.15, -0.1) is 0 Å². The van der Waals surface area contributed by atoms with Crippen molar-refractivity contribution in [1.82, 2.24) is 15.2 Å². The summed E-state index contributed by atoms with van der Waals surface area (Å²) in [6, 6.07) is 23.4. The lowest BCUT2D eigenvalue weighted by Gasteiger charge is -2.26. The van der Waals surface area contributed by atoms with E-state index in [1.54, 1.807) is 7.11 Å². The second-order valence-corrected chi connectivity index (χ2v) is 8.65. The maximum Gasteiger partial charge on any atom is 0.253 e. The highest BCUT2D eigenvalue weighted by Crippen LogP contribution is 2.33. The van der Waals surface area contributed by atoms with Crippen LogP contribution < -0.4 is 25.1 Å². The largest absolute Gasteiger partial charge is 0.497 e. The molecule has 1 aliphatic heterocycles. The highest BCUT2D eigenvalue weighted by atomic mass is 32.1. The summed E-state index contributed by atoms with van der Waals surface area (Å²) in [4.78, 5) is 17.9. The summed E-state index contributed by atoms with van der Waals surface area (Å²) in [5.41, 5.74) is 3.31. The molecule has 2 heterocycles. The Morgan fingerprint density at radius 2 is 1.83 bits per heavy atom. The zero-order chi connectivity index (χ0) is 24.2. The second-order valence-electron chi connectivity index (χ2n) is 8.26. The third kappa shape index (κ3) is 5.22. The molecule has 2 N–H and O–H groups in total. The molecule has 0 bridgehead atoms. The van der Waals surface area contributed by atoms with Crippen LogP contribution in [0.25, 0.3) is 10.9 Å². The number of ether oxygens (including phenoxy) is 3. The number of methoxy groups -OCH3 is 1. The number of fused-ring (bicyclic) bond motifs is 2. The predicted octanol–water partition coefficient (Wildman–Crippen LogP) is 4.34. The molecule has 0 aliphatic carbocycles. The van der Waals surface area contributed by atoms with Crippen molar-refractivity contribution in [2.75, 3.05) is 13.9 Å². The first-order chi connectivity index (χ1) is 17.1. The maximum atomic E-state index is 13.0. The molecule has 0 unspecified atom stereocenters. The van der Waals surface area contributed by atoms with E-state index in [1.165, 1.54) is 0 Å². The monoisotopic (exact) mass is 487 g/mol. The molecular formula is C27H25N3O4S. The Kier molecular flexibility index (Phi) is 6.54. The van der Waals surface area contributed by atoms with Crippen LogP contribution in [0.15, 0.2) is 77.6 Å². The SMILES string of the molecule is COc1ccc2cc(CN(Cc3ccc4c(c3)OCO4)C(=S)NCc3ccccc3)c(=O)[nH]c2c1. The van der Waals surface area contributed by atoms with E-state index in [2.05, 4.69) is 10.3 Å². The maximum absolute atomic E-state index is 13.0. The number of nitrogens with zero attached hydrogens (tertiary/aromatic N) is 1. The third-order valence-electron chi connectivity index (χ3n) is 5.88. The summed E-state index contributed by atoms with van der Waals surface area (Å²) in [5.74, 6) is 2.13. The fourth-order valence-electron chi connectivity index (χ4n) is 4.02. The van der Waals surface area contributed by atoms with Crippen LogP contribution in [-0.4, -0.2) is 28.9 Å². The van der Waals surface area contributed by atoms with Gasteiger partial charge in [-0.2, -0.15) is 0 Å². The molecule has 178 valence electrons. The van der Waals surface area contributed by atoms with E-state index in [0.717, 1.165) is 27.8 Å². The van der Waals surface area contributed by atoms with Gasteiger partial charge in [0, 0.05) is 24.7 Å². The second kappa shape index (κ2) is 10.1. The Bertz CT molecular complexity index is 1420. The van der Waals surface area contributed by atoms with E-state index >= 15 is 0 Å². The highest BCUT2D eigenvalue weighted by Gasteiger charge is 2.18. The van der Waals surface area contributed by atoms with E-state index in [9.17, 15) is 4.79 Å². The minimum absolute atomic E-state index is 0.160. The van der Waals surface area contributed by atoms with Crippen LogP contribution in [0.1, 0.15) is 16.7 Å². The number of rotatable bonds is 7. The summed E-state index contributed by atoms with van der Waals surface area (Å²) >= 11 is 5.77. The number of pyridine rings is 1. The quantitative estimate of drug-likeness (QED) is 0.376. The molecule has 0 amide bonds. The summed E-state index contributed by atoms with van der Waals surface area (Å²) < 4.78 is 16.2. The smallest absolute Gasteiger partial charge is 0.253 e. The van der Waals surface area contributed by atoms with Crippen molar-refractivity contribution in [2.45, 2.75) is 19.6 Å². The van der Waals surface area contributed by atoms with Gasteiger partial charge in [-0.05, 0) is 59.1 Å². The average Bonchev–Trinajstić information content (AvgIpc) is 3.35. The molecule has 1 aliphatic rings. The van der Waals surface area contributed by atoms with Crippen LogP contribution in [0.2, 0.25) is 0 Å². The van der Waals surface area contributed by atoms with Gasteiger partial charge in [-0.1, -0.05) is 36.4 Å². The van der Waals surface area contributed by atoms with Crippen LogP contribution in [0.5, 0.6) is 17.2 Å². The van der Waals surface area contributed by atoms with Gasteiger partial charge in [0.1, 0.15) is 5.75 Å². The van der Waals surface area contributed by atoms with E-state index in [4.69, 9.17) is 26.4 Å². The first kappa shape index (κ1) is 22.7. The van der Waals surface area contributed by atoms with Gasteiger partial charge in [0.2, 0.25) is 6.79 Å². The van der Waals surface area contributed by atoms with Crippen molar-refractivity contribution >= 4 is 28.2 Å². The van der Waals surface area contributed by atoms with Gasteiger partial charge >= 0.3 is 0 Å². The average molecular weight is 488 g/mol. The summed E-state index contributed by atoms with van der Waals surface area (Å²) in [6.07, 6.45) is 0. The van der Waals surface area contributed by atoms with Gasteiger partial charge in [-0.25, -0.2) is 0 Å². The summed E-state index contributed by atoms with van der Waals surface area (Å²) in [5, 5.41) is 4.82. The molecule has 0 atom stereocenters. The number of hydrogen-bond donors (Lipinski definition) is 2. The van der Waals surface area contributed by atoms with Crippen LogP contribution in [-0.2, 0) is 19.6 Å². The van der Waals surface area contributed by atoms with Crippen molar-refractivity contribution in [2.24, 2.45) is 0 Å². The molecule has 0 saturated carbocycles. The van der Waals surface area contributed by atoms with Gasteiger partial charge in [-0.3, -0.25) is 4.79 Å². The van der Waals surface area contributed by atoms with Crippen molar-refractivity contribution < 1.29 is 14.2 Å². The minimum Gasteiger partial charge on any atom is -0.497 e. The fourth-order valence-corrected chi connectivity index (χ4v) is 4.22. The van der Waals surface area contributed by atoms with Crippen molar-refractivity contribution in [1.29, 1.82) is 0 Å². The van der Waals surface area contributed by atoms with Crippen molar-refractivity contribution in [3.8, 4) is 17.2 Å². The molecule has 0 saturated heterocycles. The Morgan fingerprint density at radius 1 is 1.00 bits per heavy atom. The fraction of sp³-hybridized carbons (Fsp3) is 0.185. The van der Waals surface area contributed by atoms with Crippen LogP contribution in [0.4, 0.5) is 0 Å². The van der Waals surface area contributed by atoms with E-state index in [1.807, 2.05) is 77.7 Å². The molecule has 8 heteroatoms. The Hall–Kier alpha value is -4.04. The van der Waals surface area contributed by atoms with Gasteiger partial charge in [0.15, 0.2) is 16.6 Å². The minimum atomic E-state index is -0.160. The number of H-pyrrole nitrogens is 1. The van der Waals surface area contributed by atoms with Gasteiger partial charge in [0.25, 0.3) is 5.56 Å². The Balaban J connectivity index is 1.41. The summed E-state index contributed by atoms with van der Waals surface area (Å²) in [7, 11) is 1.60. The molecule has 3 aromatic carbocycles. The first-order valence-electron chi connectivity index (χ1n) is 11.2. The summed E-state index contributed by atoms with van der Waals surface area (Å²) in [6.45, 7) is 1.64. The first-order valence-corrected chi connectivity index (χ1v) is 11.6. The molecule has 4 aromatic rings. The predicted molar refractivity (Wildman–Crippen MR) is 139 cm³/mol. The van der Waals surface area contributed by atoms with Gasteiger partial charge < -0.3 is 29.4 Å². The number of aromatic nitrogens is 1. The molecule has 1 aromatic heterocycles. The van der Waals surface area contributed by atoms with E-state index in [-0.39, 0.29) is 12.4 Å². The number of benzene rings is 3. The third-order valence-corrected chi connectivity index (χ3v) is 6.28. The lowest BCUT2D eigenvalue weighted by molar-refractivity contribution is 0.174. The number of aromatic amines is 1. The molecule has 0 fully saturated rings. The Morgan fingerprint density at radius 3 is 2.66 bits per heavy atom. The molecule has 0 spiro atoms. The highest BCUT2D eigenvalue weighted by molar-refractivity contribution is 7.80. The van der Waals surface area contributed by atoms with Crippen LogP contribution in [0.3, 0.4) is 0 Å². The molecule has 7 nitrogen and oxygen atoms in total. The lowest BCUT2D eigenvalue weighted by atomic mass is 10.1. The molecule has 0 radical (unpaired) electrons. The molecule has 5 rings (SSSR count). The van der Waals surface area contributed by atoms with Gasteiger partial charge in [0.05, 0.1) is 19.2 Å². The van der Waals surface area contributed by atoms with Crippen molar-refractivity contribution in [3.63, 3.8) is 0 Å². The topological polar surface area (TPSA) is 75.8 Å². The lowest BCUT2D eigenvalue weighted by Crippen LogP contribution is -2.39. The van der Waals surface area contributed by atoms with Crippen LogP contribution >= 0.6 is 12.2 Å². The normalized spacial score (nSPS) is 11.9. The molecule has 35 heavy (non-hydrogen) atoms. The van der Waals surface area contributed by atoms with Crippen LogP contribution in [0, 0.1) is 0 Å². The Labute approximate surface area is 208 Å². The standard InChI is InChI=1S/C27H25N3O4S/c1-32-22-9-8-20-12-21(26(31)29-23(20)13-22)16-30(27(35)28-14-18-5-3-2-4-6-18)15-19-7-10-24-25(11-19)34-17-33-24/h2-13H,14-17H2,1H3,(H,28,35)(H,29,31). The zero-order valence-electron chi connectivity index (χ0n) is 19.2. The van der Waals surface area contributed by atoms with E-state index < -0.39 is 0 Å². The number of thiocarbonyl (C=S) groups is 1. The zero-order valence-corrected chi connectivity index (χ0v) is 20.1. The number of hydrogen-bond acceptors (Lipinski definition) is 5. The van der Waals surface area contributed by atoms with E-state index in [0.29, 0.717) is 41.8 Å². The molecular weight excluding hydrogens is 462 g/mol.